The fourth-order valence-corrected chi connectivity index (χ4v) is 1.49. The van der Waals surface area contributed by atoms with Crippen LogP contribution in [0, 0.1) is 5.41 Å². The molecule has 1 N–H and O–H groups in total. The molecule has 0 saturated carbocycles. The highest BCUT2D eigenvalue weighted by Gasteiger charge is 2.25. The van der Waals surface area contributed by atoms with Crippen LogP contribution in [-0.4, -0.2) is 39.7 Å². The molecule has 1 amide bonds. The Kier molecular flexibility index (Phi) is 5.86. The Morgan fingerprint density at radius 1 is 1.00 bits per heavy atom. The van der Waals surface area contributed by atoms with E-state index in [1.54, 1.807) is 41.5 Å². The lowest BCUT2D eigenvalue weighted by Crippen LogP contribution is -2.37. The van der Waals surface area contributed by atoms with Gasteiger partial charge in [0.15, 0.2) is 5.17 Å². The van der Waals surface area contributed by atoms with Crippen molar-refractivity contribution in [1.29, 1.82) is 5.41 Å². The Labute approximate surface area is 118 Å². The second kappa shape index (κ2) is 6.27. The molecular formula is C12H22N2O4S. The van der Waals surface area contributed by atoms with Gasteiger partial charge in [-0.2, -0.15) is 0 Å². The first-order chi connectivity index (χ1) is 8.32. The topological polar surface area (TPSA) is 79.7 Å². The zero-order valence-corrected chi connectivity index (χ0v) is 13.3. The van der Waals surface area contributed by atoms with Crippen molar-refractivity contribution < 1.29 is 19.1 Å². The van der Waals surface area contributed by atoms with E-state index in [2.05, 4.69) is 0 Å². The van der Waals surface area contributed by atoms with Crippen LogP contribution in [-0.2, 0) is 9.47 Å². The molecule has 0 aliphatic rings. The summed E-state index contributed by atoms with van der Waals surface area (Å²) >= 11 is 0.536. The molecule has 0 fully saturated rings. The number of carbonyl (C=O) groups is 2. The molecular weight excluding hydrogens is 268 g/mol. The average Bonchev–Trinajstić information content (AvgIpc) is 2.10. The highest BCUT2D eigenvalue weighted by Crippen LogP contribution is 2.18. The molecule has 0 aromatic carbocycles. The number of rotatable bonds is 0. The number of hydrogen-bond acceptors (Lipinski definition) is 6. The molecule has 7 heteroatoms. The van der Waals surface area contributed by atoms with E-state index in [0.717, 1.165) is 4.90 Å². The first-order valence-corrected chi connectivity index (χ1v) is 6.59. The predicted octanol–water partition coefficient (Wildman–Crippen LogP) is 3.46. The molecule has 0 spiro atoms. The fourth-order valence-electron chi connectivity index (χ4n) is 0.832. The van der Waals surface area contributed by atoms with E-state index in [-0.39, 0.29) is 5.17 Å². The summed E-state index contributed by atoms with van der Waals surface area (Å²) in [6.45, 7) is 10.4. The third-order valence-corrected chi connectivity index (χ3v) is 2.26. The maximum absolute atomic E-state index is 11.7. The van der Waals surface area contributed by atoms with E-state index in [4.69, 9.17) is 14.9 Å². The van der Waals surface area contributed by atoms with E-state index in [1.807, 2.05) is 0 Å². The summed E-state index contributed by atoms with van der Waals surface area (Å²) in [7, 11) is 1.37. The van der Waals surface area contributed by atoms with Gasteiger partial charge in [0.05, 0.1) is 0 Å². The van der Waals surface area contributed by atoms with Gasteiger partial charge in [0, 0.05) is 18.8 Å². The van der Waals surface area contributed by atoms with Crippen molar-refractivity contribution in [2.24, 2.45) is 0 Å². The molecule has 0 radical (unpaired) electrons. The Bertz CT molecular complexity index is 369. The molecule has 0 aliphatic carbocycles. The summed E-state index contributed by atoms with van der Waals surface area (Å²) in [5.74, 6) is 0. The minimum Gasteiger partial charge on any atom is -0.452 e. The summed E-state index contributed by atoms with van der Waals surface area (Å²) in [4.78, 5) is 24.1. The lowest BCUT2D eigenvalue weighted by Gasteiger charge is -2.24. The predicted molar refractivity (Wildman–Crippen MR) is 75.5 cm³/mol. The van der Waals surface area contributed by atoms with Gasteiger partial charge >= 0.3 is 11.4 Å². The second-order valence-electron chi connectivity index (χ2n) is 5.91. The molecule has 0 bridgehead atoms. The normalized spacial score (nSPS) is 11.7. The molecule has 0 atom stereocenters. The van der Waals surface area contributed by atoms with E-state index in [1.165, 1.54) is 7.05 Å². The minimum atomic E-state index is -0.687. The molecule has 0 unspecified atom stereocenters. The SMILES string of the molecule is CN(C(=N)SC(=O)OC(C)(C)C)C(=O)OC(C)(C)C. The highest BCUT2D eigenvalue weighted by atomic mass is 32.2. The van der Waals surface area contributed by atoms with Crippen molar-refractivity contribution in [3.05, 3.63) is 0 Å². The maximum atomic E-state index is 11.7. The standard InChI is InChI=1S/C12H22N2O4S/c1-11(2,3)17-9(15)14(7)8(13)19-10(16)18-12(4,5)6/h13H,1-7H3. The van der Waals surface area contributed by atoms with Gasteiger partial charge in [-0.05, 0) is 41.5 Å². The van der Waals surface area contributed by atoms with E-state index < -0.39 is 22.6 Å². The fraction of sp³-hybridized carbons (Fsp3) is 0.750. The van der Waals surface area contributed by atoms with Gasteiger partial charge in [-0.15, -0.1) is 0 Å². The van der Waals surface area contributed by atoms with Crippen LogP contribution in [0.4, 0.5) is 9.59 Å². The molecule has 19 heavy (non-hydrogen) atoms. The van der Waals surface area contributed by atoms with Gasteiger partial charge in [0.1, 0.15) is 11.2 Å². The number of amides is 1. The van der Waals surface area contributed by atoms with Gasteiger partial charge < -0.3 is 9.47 Å². The zero-order chi connectivity index (χ0) is 15.4. The lowest BCUT2D eigenvalue weighted by atomic mass is 10.2. The summed E-state index contributed by atoms with van der Waals surface area (Å²) in [5.41, 5.74) is -1.28. The van der Waals surface area contributed by atoms with Crippen molar-refractivity contribution in [3.8, 4) is 0 Å². The number of carbonyl (C=O) groups excluding carboxylic acids is 2. The summed E-state index contributed by atoms with van der Waals surface area (Å²) < 4.78 is 10.1. The Balaban J connectivity index is 4.43. The summed E-state index contributed by atoms with van der Waals surface area (Å²) in [6.07, 6.45) is -0.687. The highest BCUT2D eigenvalue weighted by molar-refractivity contribution is 8.25. The molecule has 0 heterocycles. The number of nitrogens with zero attached hydrogens (tertiary/aromatic N) is 1. The molecule has 110 valence electrons. The molecule has 0 aromatic heterocycles. The third-order valence-electron chi connectivity index (χ3n) is 1.54. The van der Waals surface area contributed by atoms with Crippen LogP contribution in [0.3, 0.4) is 0 Å². The van der Waals surface area contributed by atoms with E-state index in [9.17, 15) is 9.59 Å². The molecule has 0 aliphatic heterocycles. The monoisotopic (exact) mass is 290 g/mol. The Morgan fingerprint density at radius 2 is 1.42 bits per heavy atom. The zero-order valence-electron chi connectivity index (χ0n) is 12.5. The van der Waals surface area contributed by atoms with Crippen LogP contribution < -0.4 is 0 Å². The Morgan fingerprint density at radius 3 is 1.79 bits per heavy atom. The van der Waals surface area contributed by atoms with Gasteiger partial charge in [-0.1, -0.05) is 0 Å². The first kappa shape index (κ1) is 17.8. The van der Waals surface area contributed by atoms with Crippen LogP contribution in [0.2, 0.25) is 0 Å². The van der Waals surface area contributed by atoms with Gasteiger partial charge in [0.2, 0.25) is 0 Å². The number of amidine groups is 1. The third kappa shape index (κ3) is 8.47. The quantitative estimate of drug-likeness (QED) is 0.420. The Hall–Kier alpha value is -1.24. The first-order valence-electron chi connectivity index (χ1n) is 5.78. The number of thioether (sulfide) groups is 1. The average molecular weight is 290 g/mol. The number of ether oxygens (including phenoxy) is 2. The van der Waals surface area contributed by atoms with Crippen LogP contribution in [0.1, 0.15) is 41.5 Å². The van der Waals surface area contributed by atoms with Crippen LogP contribution in [0.25, 0.3) is 0 Å². The summed E-state index contributed by atoms with van der Waals surface area (Å²) in [6, 6.07) is 0. The van der Waals surface area contributed by atoms with E-state index in [0.29, 0.717) is 11.8 Å². The van der Waals surface area contributed by atoms with Crippen molar-refractivity contribution in [2.45, 2.75) is 52.7 Å². The molecule has 0 aromatic rings. The largest absolute Gasteiger partial charge is 0.452 e. The van der Waals surface area contributed by atoms with Crippen LogP contribution in [0.15, 0.2) is 0 Å². The summed E-state index contributed by atoms with van der Waals surface area (Å²) in [5, 5.41) is 6.78. The van der Waals surface area contributed by atoms with Gasteiger partial charge in [-0.25, -0.2) is 9.59 Å². The second-order valence-corrected chi connectivity index (χ2v) is 6.84. The minimum absolute atomic E-state index is 0.247. The van der Waals surface area contributed by atoms with Crippen molar-refractivity contribution in [1.82, 2.24) is 4.90 Å². The number of hydrogen-bond donors (Lipinski definition) is 1. The van der Waals surface area contributed by atoms with Crippen molar-refractivity contribution >= 4 is 28.3 Å². The molecule has 0 saturated heterocycles. The maximum Gasteiger partial charge on any atom is 0.416 e. The van der Waals surface area contributed by atoms with Crippen LogP contribution >= 0.6 is 11.8 Å². The van der Waals surface area contributed by atoms with Crippen molar-refractivity contribution in [2.75, 3.05) is 7.05 Å². The van der Waals surface area contributed by atoms with E-state index >= 15 is 0 Å². The lowest BCUT2D eigenvalue weighted by molar-refractivity contribution is 0.0405. The number of nitrogens with one attached hydrogen (secondary N) is 1. The molecule has 6 nitrogen and oxygen atoms in total. The van der Waals surface area contributed by atoms with Gasteiger partial charge in [-0.3, -0.25) is 10.3 Å². The van der Waals surface area contributed by atoms with Crippen molar-refractivity contribution in [3.63, 3.8) is 0 Å². The smallest absolute Gasteiger partial charge is 0.416 e. The molecule has 0 rings (SSSR count). The van der Waals surface area contributed by atoms with Gasteiger partial charge in [0.25, 0.3) is 0 Å². The van der Waals surface area contributed by atoms with Crippen LogP contribution in [0.5, 0.6) is 0 Å².